The van der Waals surface area contributed by atoms with E-state index in [1.54, 1.807) is 38.1 Å². The van der Waals surface area contributed by atoms with Gasteiger partial charge in [0.2, 0.25) is 5.91 Å². The number of hydrogen-bond donors (Lipinski definition) is 0. The number of methoxy groups -OCH3 is 1. The molecule has 0 radical (unpaired) electrons. The van der Waals surface area contributed by atoms with Gasteiger partial charge < -0.3 is 14.1 Å². The molecular weight excluding hydrogens is 428 g/mol. The summed E-state index contributed by atoms with van der Waals surface area (Å²) < 4.78 is 11.6. The zero-order valence-corrected chi connectivity index (χ0v) is 18.6. The fourth-order valence-electron chi connectivity index (χ4n) is 4.82. The lowest BCUT2D eigenvalue weighted by Crippen LogP contribution is -2.24. The van der Waals surface area contributed by atoms with Crippen LogP contribution in [0, 0.1) is 0 Å². The van der Waals surface area contributed by atoms with Crippen LogP contribution in [0.25, 0.3) is 33.2 Å². The van der Waals surface area contributed by atoms with Gasteiger partial charge in [0.05, 0.1) is 25.2 Å². The van der Waals surface area contributed by atoms with Crippen LogP contribution in [0.3, 0.4) is 0 Å². The average molecular weight is 450 g/mol. The van der Waals surface area contributed by atoms with Crippen molar-refractivity contribution in [2.75, 3.05) is 13.7 Å². The van der Waals surface area contributed by atoms with Gasteiger partial charge in [0.1, 0.15) is 0 Å². The van der Waals surface area contributed by atoms with Crippen LogP contribution in [0.15, 0.2) is 77.9 Å². The minimum Gasteiger partial charge on any atom is -0.493 e. The minimum absolute atomic E-state index is 0.0775. The number of carbonyl (C=O) groups excluding carboxylic acids is 1. The van der Waals surface area contributed by atoms with E-state index in [1.165, 1.54) is 0 Å². The fraction of sp³-hybridized carbons (Fsp3) is 0.185. The Morgan fingerprint density at radius 3 is 2.68 bits per heavy atom. The van der Waals surface area contributed by atoms with Crippen molar-refractivity contribution in [2.24, 2.45) is 0 Å². The van der Waals surface area contributed by atoms with E-state index in [4.69, 9.17) is 9.15 Å². The minimum atomic E-state index is 0.0775. The third kappa shape index (κ3) is 3.46. The van der Waals surface area contributed by atoms with Crippen LogP contribution in [0.1, 0.15) is 23.5 Å². The molecule has 1 aliphatic rings. The monoisotopic (exact) mass is 450 g/mol. The fourth-order valence-corrected chi connectivity index (χ4v) is 4.82. The van der Waals surface area contributed by atoms with Crippen molar-refractivity contribution >= 4 is 27.8 Å². The Kier molecular flexibility index (Phi) is 4.95. The van der Waals surface area contributed by atoms with E-state index in [0.29, 0.717) is 36.4 Å². The van der Waals surface area contributed by atoms with Gasteiger partial charge in [-0.2, -0.15) is 0 Å². The number of rotatable bonds is 5. The van der Waals surface area contributed by atoms with Crippen LogP contribution in [-0.4, -0.2) is 39.4 Å². The van der Waals surface area contributed by atoms with E-state index in [-0.39, 0.29) is 11.8 Å². The van der Waals surface area contributed by atoms with E-state index >= 15 is 0 Å². The number of ether oxygens (including phenoxy) is 1. The molecule has 6 rings (SSSR count). The van der Waals surface area contributed by atoms with Crippen molar-refractivity contribution in [3.63, 3.8) is 0 Å². The van der Waals surface area contributed by atoms with Crippen molar-refractivity contribution < 1.29 is 13.9 Å². The van der Waals surface area contributed by atoms with E-state index in [2.05, 4.69) is 21.0 Å². The molecule has 0 saturated carbocycles. The molecule has 34 heavy (non-hydrogen) atoms. The van der Waals surface area contributed by atoms with Gasteiger partial charge >= 0.3 is 0 Å². The highest BCUT2D eigenvalue weighted by molar-refractivity contribution is 6.08. The van der Waals surface area contributed by atoms with Crippen LogP contribution >= 0.6 is 0 Å². The molecule has 0 spiro atoms. The highest BCUT2D eigenvalue weighted by Crippen LogP contribution is 2.42. The van der Waals surface area contributed by atoms with Gasteiger partial charge in [0.15, 0.2) is 16.9 Å². The van der Waals surface area contributed by atoms with Crippen molar-refractivity contribution in [3.8, 4) is 17.0 Å². The smallest absolute Gasteiger partial charge is 0.223 e. The molecule has 0 aliphatic carbocycles. The molecule has 7 heteroatoms. The number of benzene rings is 2. The molecule has 1 saturated heterocycles. The van der Waals surface area contributed by atoms with Crippen LogP contribution < -0.4 is 4.74 Å². The Hall–Kier alpha value is -4.26. The summed E-state index contributed by atoms with van der Waals surface area (Å²) in [4.78, 5) is 27.5. The normalized spacial score (nSPS) is 16.0. The van der Waals surface area contributed by atoms with Crippen LogP contribution in [0.2, 0.25) is 0 Å². The predicted octanol–water partition coefficient (Wildman–Crippen LogP) is 4.96. The molecule has 1 fully saturated rings. The molecule has 0 bridgehead atoms. The maximum atomic E-state index is 13.0. The Labute approximate surface area is 196 Å². The number of pyridine rings is 1. The van der Waals surface area contributed by atoms with E-state index < -0.39 is 0 Å². The number of aromatic nitrogens is 3. The molecule has 7 nitrogen and oxygen atoms in total. The van der Waals surface area contributed by atoms with Crippen molar-refractivity contribution in [1.29, 1.82) is 0 Å². The number of fused-ring (bicyclic) bond motifs is 3. The lowest BCUT2D eigenvalue weighted by molar-refractivity contribution is -0.128. The summed E-state index contributed by atoms with van der Waals surface area (Å²) in [6, 6.07) is 14.1. The molecule has 1 aliphatic heterocycles. The lowest BCUT2D eigenvalue weighted by atomic mass is 9.93. The van der Waals surface area contributed by atoms with Crippen molar-refractivity contribution in [2.45, 2.75) is 18.9 Å². The summed E-state index contributed by atoms with van der Waals surface area (Å²) in [5.74, 6) is 0.912. The number of amides is 1. The Morgan fingerprint density at radius 2 is 1.88 bits per heavy atom. The van der Waals surface area contributed by atoms with Crippen molar-refractivity contribution in [3.05, 3.63) is 84.6 Å². The quantitative estimate of drug-likeness (QED) is 0.376. The van der Waals surface area contributed by atoms with Gasteiger partial charge in [0.25, 0.3) is 0 Å². The highest BCUT2D eigenvalue weighted by Gasteiger charge is 2.33. The van der Waals surface area contributed by atoms with Gasteiger partial charge in [-0.1, -0.05) is 30.3 Å². The summed E-state index contributed by atoms with van der Waals surface area (Å²) in [5, 5.41) is 1.99. The predicted molar refractivity (Wildman–Crippen MR) is 128 cm³/mol. The first-order valence-corrected chi connectivity index (χ1v) is 11.2. The molecule has 1 amide bonds. The van der Waals surface area contributed by atoms with Crippen LogP contribution in [-0.2, 0) is 11.3 Å². The Morgan fingerprint density at radius 1 is 1.03 bits per heavy atom. The van der Waals surface area contributed by atoms with Gasteiger partial charge in [-0.3, -0.25) is 19.7 Å². The molecule has 2 aromatic carbocycles. The zero-order valence-electron chi connectivity index (χ0n) is 18.6. The summed E-state index contributed by atoms with van der Waals surface area (Å²) in [6.45, 7) is 1.23. The summed E-state index contributed by atoms with van der Waals surface area (Å²) in [6.07, 6.45) is 9.04. The topological polar surface area (TPSA) is 81.4 Å². The van der Waals surface area contributed by atoms with Crippen LogP contribution in [0.5, 0.6) is 5.75 Å². The third-order valence-corrected chi connectivity index (χ3v) is 6.48. The number of hydrogen-bond acceptors (Lipinski definition) is 6. The highest BCUT2D eigenvalue weighted by atomic mass is 16.5. The first kappa shape index (κ1) is 20.4. The largest absolute Gasteiger partial charge is 0.493 e. The molecule has 5 aromatic rings. The Bertz CT molecular complexity index is 1500. The maximum absolute atomic E-state index is 13.0. The second kappa shape index (κ2) is 8.26. The molecule has 1 unspecified atom stereocenters. The molecule has 1 atom stereocenters. The van der Waals surface area contributed by atoms with Crippen molar-refractivity contribution in [1.82, 2.24) is 19.9 Å². The number of furan rings is 1. The number of likely N-dealkylation sites (tertiary alicyclic amines) is 1. The Balaban J connectivity index is 1.28. The SMILES string of the molecule is COc1ccc(C2CC(=O)N(Cc3ccc(-c4cnccn4)cc3)C2)c2c1oc1cnccc12. The molecule has 168 valence electrons. The number of carbonyl (C=O) groups is 1. The standard InChI is InChI=1S/C27H22N4O3/c1-33-23-7-6-20(26-21-8-9-28-14-24(21)34-27(23)26)19-12-25(32)31(16-19)15-17-2-4-18(5-3-17)22-13-29-10-11-30-22/h2-11,13-14,19H,12,15-16H2,1H3. The second-order valence-electron chi connectivity index (χ2n) is 8.50. The molecule has 3 aromatic heterocycles. The third-order valence-electron chi connectivity index (χ3n) is 6.48. The molecule has 4 heterocycles. The van der Waals surface area contributed by atoms with Gasteiger partial charge in [0, 0.05) is 60.4 Å². The second-order valence-corrected chi connectivity index (χ2v) is 8.50. The number of nitrogens with zero attached hydrogens (tertiary/aromatic N) is 4. The maximum Gasteiger partial charge on any atom is 0.223 e. The molecule has 0 N–H and O–H groups in total. The van der Waals surface area contributed by atoms with Crippen LogP contribution in [0.4, 0.5) is 0 Å². The summed E-state index contributed by atoms with van der Waals surface area (Å²) >= 11 is 0. The summed E-state index contributed by atoms with van der Waals surface area (Å²) in [7, 11) is 1.64. The first-order valence-electron chi connectivity index (χ1n) is 11.2. The van der Waals surface area contributed by atoms with Gasteiger partial charge in [-0.05, 0) is 23.3 Å². The molecular formula is C27H22N4O3. The van der Waals surface area contributed by atoms with Gasteiger partial charge in [-0.15, -0.1) is 0 Å². The first-order chi connectivity index (χ1) is 16.7. The van der Waals surface area contributed by atoms with E-state index in [0.717, 1.165) is 33.2 Å². The lowest BCUT2D eigenvalue weighted by Gasteiger charge is -2.18. The zero-order chi connectivity index (χ0) is 23.1. The van der Waals surface area contributed by atoms with E-state index in [1.807, 2.05) is 41.3 Å². The average Bonchev–Trinajstić information content (AvgIpc) is 3.45. The van der Waals surface area contributed by atoms with Gasteiger partial charge in [-0.25, -0.2) is 0 Å². The summed E-state index contributed by atoms with van der Waals surface area (Å²) in [5.41, 5.74) is 5.44. The van der Waals surface area contributed by atoms with E-state index in [9.17, 15) is 4.79 Å².